The molecule has 6 heteroatoms. The number of para-hydroxylation sites is 1. The number of rotatable bonds is 5. The van der Waals surface area contributed by atoms with Crippen molar-refractivity contribution in [1.82, 2.24) is 14.3 Å². The lowest BCUT2D eigenvalue weighted by Gasteiger charge is -2.37. The fraction of sp³-hybridized carbons (Fsp3) is 0.286. The summed E-state index contributed by atoms with van der Waals surface area (Å²) in [4.78, 5) is 22.3. The van der Waals surface area contributed by atoms with Gasteiger partial charge in [-0.2, -0.15) is 0 Å². The monoisotopic (exact) mass is 456 g/mol. The van der Waals surface area contributed by atoms with Gasteiger partial charge in [0.2, 0.25) is 5.91 Å². The SMILES string of the molecule is Cc1ccccc1N1CCN(C(=O)CC(c2cccc(F)c2)c2cnc3c(C)cccn23)CC1. The molecule has 1 saturated heterocycles. The minimum atomic E-state index is -0.299. The highest BCUT2D eigenvalue weighted by Gasteiger charge is 2.27. The first-order valence-electron chi connectivity index (χ1n) is 11.8. The first-order chi connectivity index (χ1) is 16.5. The molecule has 3 heterocycles. The number of imidazole rings is 1. The molecule has 5 rings (SSSR count). The van der Waals surface area contributed by atoms with Crippen LogP contribution in [0.3, 0.4) is 0 Å². The van der Waals surface area contributed by atoms with Crippen LogP contribution in [0.5, 0.6) is 0 Å². The summed E-state index contributed by atoms with van der Waals surface area (Å²) in [5, 5.41) is 0. The molecule has 0 radical (unpaired) electrons. The maximum Gasteiger partial charge on any atom is 0.223 e. The number of aryl methyl sites for hydroxylation is 2. The van der Waals surface area contributed by atoms with Crippen molar-refractivity contribution in [2.45, 2.75) is 26.2 Å². The Bertz CT molecular complexity index is 1320. The summed E-state index contributed by atoms with van der Waals surface area (Å²) in [6.45, 7) is 7.09. The van der Waals surface area contributed by atoms with Crippen LogP contribution in [0.15, 0.2) is 73.1 Å². The zero-order valence-electron chi connectivity index (χ0n) is 19.6. The number of fused-ring (bicyclic) bond motifs is 1. The van der Waals surface area contributed by atoms with Crippen LogP contribution in [0.25, 0.3) is 5.65 Å². The molecule has 5 nitrogen and oxygen atoms in total. The normalized spacial score (nSPS) is 15.0. The lowest BCUT2D eigenvalue weighted by Crippen LogP contribution is -2.49. The lowest BCUT2D eigenvalue weighted by atomic mass is 9.92. The van der Waals surface area contributed by atoms with Crippen molar-refractivity contribution in [1.29, 1.82) is 0 Å². The first kappa shape index (κ1) is 22.1. The van der Waals surface area contributed by atoms with Crippen molar-refractivity contribution >= 4 is 17.2 Å². The van der Waals surface area contributed by atoms with Crippen LogP contribution in [0.2, 0.25) is 0 Å². The summed E-state index contributed by atoms with van der Waals surface area (Å²) in [6.07, 6.45) is 4.05. The van der Waals surface area contributed by atoms with Gasteiger partial charge in [0.05, 0.1) is 5.69 Å². The molecule has 1 amide bonds. The average Bonchev–Trinajstić information content (AvgIpc) is 3.28. The van der Waals surface area contributed by atoms with Crippen LogP contribution < -0.4 is 4.90 Å². The molecule has 34 heavy (non-hydrogen) atoms. The number of piperazine rings is 1. The van der Waals surface area contributed by atoms with Crippen molar-refractivity contribution in [2.24, 2.45) is 0 Å². The third kappa shape index (κ3) is 4.28. The number of carbonyl (C=O) groups is 1. The number of amides is 1. The summed E-state index contributed by atoms with van der Waals surface area (Å²) in [7, 11) is 0. The minimum absolute atomic E-state index is 0.0845. The first-order valence-corrected chi connectivity index (χ1v) is 11.8. The van der Waals surface area contributed by atoms with Crippen molar-refractivity contribution in [3.05, 3.63) is 101 Å². The molecule has 1 atom stereocenters. The fourth-order valence-electron chi connectivity index (χ4n) is 4.96. The number of halogens is 1. The lowest BCUT2D eigenvalue weighted by molar-refractivity contribution is -0.131. The molecule has 0 bridgehead atoms. The molecule has 1 aliphatic rings. The van der Waals surface area contributed by atoms with E-state index in [1.807, 2.05) is 52.9 Å². The second-order valence-electron chi connectivity index (χ2n) is 9.03. The van der Waals surface area contributed by atoms with Gasteiger partial charge in [-0.05, 0) is 54.8 Å². The van der Waals surface area contributed by atoms with Gasteiger partial charge in [0, 0.05) is 56.6 Å². The number of carbonyl (C=O) groups excluding carboxylic acids is 1. The minimum Gasteiger partial charge on any atom is -0.368 e. The molecule has 2 aromatic heterocycles. The van der Waals surface area contributed by atoms with Gasteiger partial charge < -0.3 is 14.2 Å². The smallest absolute Gasteiger partial charge is 0.223 e. The van der Waals surface area contributed by atoms with Gasteiger partial charge in [-0.25, -0.2) is 9.37 Å². The third-order valence-electron chi connectivity index (χ3n) is 6.83. The molecule has 2 aromatic carbocycles. The van der Waals surface area contributed by atoms with E-state index < -0.39 is 0 Å². The van der Waals surface area contributed by atoms with Gasteiger partial charge in [0.25, 0.3) is 0 Å². The Morgan fingerprint density at radius 1 is 0.971 bits per heavy atom. The molecule has 0 aliphatic carbocycles. The topological polar surface area (TPSA) is 40.8 Å². The summed E-state index contributed by atoms with van der Waals surface area (Å²) < 4.78 is 16.2. The molecule has 4 aromatic rings. The second kappa shape index (κ2) is 9.29. The van der Waals surface area contributed by atoms with Gasteiger partial charge in [-0.15, -0.1) is 0 Å². The van der Waals surface area contributed by atoms with E-state index in [1.54, 1.807) is 6.07 Å². The molecule has 1 fully saturated rings. The van der Waals surface area contributed by atoms with Crippen LogP contribution in [-0.4, -0.2) is 46.4 Å². The Morgan fingerprint density at radius 2 is 1.74 bits per heavy atom. The van der Waals surface area contributed by atoms with Crippen molar-refractivity contribution in [3.63, 3.8) is 0 Å². The van der Waals surface area contributed by atoms with Gasteiger partial charge in [-0.3, -0.25) is 4.79 Å². The predicted octanol–water partition coefficient (Wildman–Crippen LogP) is 4.96. The molecule has 1 unspecified atom stereocenters. The highest BCUT2D eigenvalue weighted by molar-refractivity contribution is 5.78. The Balaban J connectivity index is 1.38. The van der Waals surface area contributed by atoms with Crippen LogP contribution in [0, 0.1) is 19.7 Å². The second-order valence-corrected chi connectivity index (χ2v) is 9.03. The van der Waals surface area contributed by atoms with Crippen LogP contribution in [-0.2, 0) is 4.79 Å². The number of anilines is 1. The number of hydrogen-bond donors (Lipinski definition) is 0. The standard InChI is InChI=1S/C28H29FN4O/c1-20-7-3-4-11-25(20)31-13-15-32(16-14-31)27(34)18-24(22-9-5-10-23(29)17-22)26-19-30-28-21(2)8-6-12-33(26)28/h3-12,17,19,24H,13-16,18H2,1-2H3. The van der Waals surface area contributed by atoms with Gasteiger partial charge in [0.1, 0.15) is 11.5 Å². The summed E-state index contributed by atoms with van der Waals surface area (Å²) in [5.74, 6) is -0.498. The van der Waals surface area contributed by atoms with Crippen molar-refractivity contribution in [2.75, 3.05) is 31.1 Å². The van der Waals surface area contributed by atoms with E-state index in [1.165, 1.54) is 23.4 Å². The zero-order valence-corrected chi connectivity index (χ0v) is 19.6. The average molecular weight is 457 g/mol. The highest BCUT2D eigenvalue weighted by Crippen LogP contribution is 2.31. The maximum absolute atomic E-state index is 14.2. The molecule has 0 saturated carbocycles. The van der Waals surface area contributed by atoms with E-state index in [9.17, 15) is 9.18 Å². The zero-order chi connectivity index (χ0) is 23.7. The van der Waals surface area contributed by atoms with Crippen LogP contribution >= 0.6 is 0 Å². The van der Waals surface area contributed by atoms with Crippen molar-refractivity contribution < 1.29 is 9.18 Å². The highest BCUT2D eigenvalue weighted by atomic mass is 19.1. The van der Waals surface area contributed by atoms with Gasteiger partial charge >= 0.3 is 0 Å². The van der Waals surface area contributed by atoms with E-state index in [4.69, 9.17) is 0 Å². The van der Waals surface area contributed by atoms with E-state index in [0.29, 0.717) is 13.1 Å². The molecule has 0 N–H and O–H groups in total. The molecular formula is C28H29FN4O. The molecule has 0 spiro atoms. The van der Waals surface area contributed by atoms with E-state index in [-0.39, 0.29) is 24.1 Å². The Morgan fingerprint density at radius 3 is 2.50 bits per heavy atom. The fourth-order valence-corrected chi connectivity index (χ4v) is 4.96. The molecule has 174 valence electrons. The van der Waals surface area contributed by atoms with Gasteiger partial charge in [-0.1, -0.05) is 36.4 Å². The Hall–Kier alpha value is -3.67. The quantitative estimate of drug-likeness (QED) is 0.426. The van der Waals surface area contributed by atoms with Crippen molar-refractivity contribution in [3.8, 4) is 0 Å². The van der Waals surface area contributed by atoms with E-state index >= 15 is 0 Å². The number of hydrogen-bond acceptors (Lipinski definition) is 3. The maximum atomic E-state index is 14.2. The number of benzene rings is 2. The number of nitrogens with zero attached hydrogens (tertiary/aromatic N) is 4. The number of aromatic nitrogens is 2. The predicted molar refractivity (Wildman–Crippen MR) is 133 cm³/mol. The number of pyridine rings is 1. The van der Waals surface area contributed by atoms with Crippen LogP contribution in [0.4, 0.5) is 10.1 Å². The third-order valence-corrected chi connectivity index (χ3v) is 6.83. The van der Waals surface area contributed by atoms with Gasteiger partial charge in [0.15, 0.2) is 0 Å². The van der Waals surface area contributed by atoms with E-state index in [0.717, 1.165) is 35.6 Å². The largest absolute Gasteiger partial charge is 0.368 e. The summed E-state index contributed by atoms with van der Waals surface area (Å²) in [6, 6.07) is 18.9. The molecule has 1 aliphatic heterocycles. The Kier molecular flexibility index (Phi) is 6.05. The Labute approximate surface area is 199 Å². The molecular weight excluding hydrogens is 427 g/mol. The van der Waals surface area contributed by atoms with Crippen LogP contribution in [0.1, 0.15) is 34.7 Å². The summed E-state index contributed by atoms with van der Waals surface area (Å²) >= 11 is 0. The van der Waals surface area contributed by atoms with E-state index in [2.05, 4.69) is 35.0 Å². The summed E-state index contributed by atoms with van der Waals surface area (Å²) in [5.41, 5.74) is 6.08.